The first-order valence-corrected chi connectivity index (χ1v) is 13.4. The van der Waals surface area contributed by atoms with E-state index in [1.807, 2.05) is 17.5 Å². The second kappa shape index (κ2) is 9.02. The molecule has 4 aromatic rings. The predicted molar refractivity (Wildman–Crippen MR) is 139 cm³/mol. The maximum atomic E-state index is 12.9. The Balaban J connectivity index is 1.26. The van der Waals surface area contributed by atoms with Crippen LogP contribution in [0.4, 0.5) is 9.80 Å². The Morgan fingerprint density at radius 1 is 1.06 bits per heavy atom. The molecule has 6 nitrogen and oxygen atoms in total. The lowest BCUT2D eigenvalue weighted by Crippen LogP contribution is -2.29. The molecule has 2 aliphatic rings. The van der Waals surface area contributed by atoms with Crippen molar-refractivity contribution in [3.05, 3.63) is 62.5 Å². The number of fused-ring (bicyclic) bond motifs is 3. The Morgan fingerprint density at radius 3 is 2.88 bits per heavy atom. The highest BCUT2D eigenvalue weighted by atomic mass is 32.1. The molecule has 1 aliphatic heterocycles. The lowest BCUT2D eigenvalue weighted by Gasteiger charge is -2.15. The Hall–Kier alpha value is -2.94. The van der Waals surface area contributed by atoms with Crippen LogP contribution in [0.2, 0.25) is 0 Å². The number of aromatic nitrogens is 1. The van der Waals surface area contributed by atoms with Crippen LogP contribution in [0.25, 0.3) is 21.3 Å². The van der Waals surface area contributed by atoms with Crippen LogP contribution in [0.15, 0.2) is 30.5 Å². The van der Waals surface area contributed by atoms with E-state index in [0.717, 1.165) is 62.6 Å². The van der Waals surface area contributed by atoms with Gasteiger partial charge in [0.2, 0.25) is 0 Å². The quantitative estimate of drug-likeness (QED) is 0.274. The molecule has 1 aromatic carbocycles. The van der Waals surface area contributed by atoms with Crippen molar-refractivity contribution in [2.24, 2.45) is 0 Å². The zero-order valence-electron chi connectivity index (χ0n) is 18.8. The summed E-state index contributed by atoms with van der Waals surface area (Å²) in [6.45, 7) is 2.27. The molecule has 0 bridgehead atoms. The van der Waals surface area contributed by atoms with Gasteiger partial charge in [0, 0.05) is 39.4 Å². The van der Waals surface area contributed by atoms with Crippen LogP contribution in [-0.2, 0) is 32.4 Å². The van der Waals surface area contributed by atoms with Gasteiger partial charge in [-0.3, -0.25) is 10.1 Å². The number of carbonyl (C=O) groups excluding carboxylic acids is 2. The lowest BCUT2D eigenvalue weighted by atomic mass is 9.96. The minimum absolute atomic E-state index is 0.263. The third kappa shape index (κ3) is 3.85. The average Bonchev–Trinajstić information content (AvgIpc) is 3.56. The van der Waals surface area contributed by atoms with Crippen molar-refractivity contribution in [2.45, 2.75) is 45.2 Å². The van der Waals surface area contributed by atoms with Crippen LogP contribution in [0, 0.1) is 0 Å². The number of amides is 2. The largest absolute Gasteiger partial charge is 0.361 e. The first kappa shape index (κ1) is 21.6. The number of thiophene rings is 2. The van der Waals surface area contributed by atoms with Gasteiger partial charge in [-0.05, 0) is 78.4 Å². The standard InChI is InChI=1S/C26H26N4O2S2/c31-14-20-17-3-1-2-4-22(17)34-25(20)30-26(32)29-12-19-18-8-9-27-13-23(18)33-24(19)16-6-5-15-7-10-28-21(15)11-16/h5-7,10-11,14,27-28H,1-4,8-9,12-13H2,(H2,29,30,32). The SMILES string of the molecule is O=Cc1c(NC(=O)NCc2c(-c3ccc4cc[nH]c4c3)sc3c2CCNC3)sc2c1CCCC2. The van der Waals surface area contributed by atoms with Gasteiger partial charge >= 0.3 is 6.03 Å². The van der Waals surface area contributed by atoms with Gasteiger partial charge in [-0.25, -0.2) is 4.79 Å². The lowest BCUT2D eigenvalue weighted by molar-refractivity contribution is 0.112. The number of nitrogens with one attached hydrogen (secondary N) is 4. The van der Waals surface area contributed by atoms with Crippen LogP contribution in [0.5, 0.6) is 0 Å². The Morgan fingerprint density at radius 2 is 1.97 bits per heavy atom. The summed E-state index contributed by atoms with van der Waals surface area (Å²) in [7, 11) is 0. The van der Waals surface area contributed by atoms with E-state index in [0.29, 0.717) is 17.1 Å². The summed E-state index contributed by atoms with van der Waals surface area (Å²) >= 11 is 3.36. The second-order valence-corrected chi connectivity index (χ2v) is 11.1. The van der Waals surface area contributed by atoms with E-state index < -0.39 is 0 Å². The number of hydrogen-bond acceptors (Lipinski definition) is 5. The number of aldehydes is 1. The van der Waals surface area contributed by atoms with E-state index in [2.05, 4.69) is 45.2 Å². The van der Waals surface area contributed by atoms with Crippen LogP contribution in [0.3, 0.4) is 0 Å². The van der Waals surface area contributed by atoms with Crippen LogP contribution in [0.1, 0.15) is 49.6 Å². The van der Waals surface area contributed by atoms with Gasteiger partial charge in [0.05, 0.1) is 5.56 Å². The van der Waals surface area contributed by atoms with Crippen molar-refractivity contribution >= 4 is 50.9 Å². The number of hydrogen-bond donors (Lipinski definition) is 4. The maximum absolute atomic E-state index is 12.9. The van der Waals surface area contributed by atoms with Crippen molar-refractivity contribution in [1.29, 1.82) is 0 Å². The van der Waals surface area contributed by atoms with E-state index in [4.69, 9.17) is 0 Å². The zero-order chi connectivity index (χ0) is 23.1. The van der Waals surface area contributed by atoms with Gasteiger partial charge in [-0.15, -0.1) is 22.7 Å². The van der Waals surface area contributed by atoms with E-state index in [1.54, 1.807) is 11.3 Å². The maximum Gasteiger partial charge on any atom is 0.320 e. The Kier molecular flexibility index (Phi) is 5.72. The normalized spacial score (nSPS) is 15.1. The molecule has 174 valence electrons. The van der Waals surface area contributed by atoms with Gasteiger partial charge in [0.25, 0.3) is 0 Å². The molecule has 0 fully saturated rings. The number of benzene rings is 1. The number of aryl methyl sites for hydroxylation is 1. The summed E-state index contributed by atoms with van der Waals surface area (Å²) in [6, 6.07) is 8.31. The van der Waals surface area contributed by atoms with E-state index >= 15 is 0 Å². The molecule has 0 saturated heterocycles. The molecule has 8 heteroatoms. The van der Waals surface area contributed by atoms with E-state index in [9.17, 15) is 9.59 Å². The van der Waals surface area contributed by atoms with Gasteiger partial charge in [-0.2, -0.15) is 0 Å². The van der Waals surface area contributed by atoms with Crippen molar-refractivity contribution in [1.82, 2.24) is 15.6 Å². The molecule has 0 spiro atoms. The molecule has 34 heavy (non-hydrogen) atoms. The molecule has 6 rings (SSSR count). The van der Waals surface area contributed by atoms with Gasteiger partial charge < -0.3 is 15.6 Å². The van der Waals surface area contributed by atoms with Crippen LogP contribution >= 0.6 is 22.7 Å². The molecule has 0 unspecified atom stereocenters. The molecule has 0 saturated carbocycles. The number of rotatable bonds is 5. The molecule has 0 radical (unpaired) electrons. The zero-order valence-corrected chi connectivity index (χ0v) is 20.4. The average molecular weight is 491 g/mol. The smallest absolute Gasteiger partial charge is 0.320 e. The topological polar surface area (TPSA) is 86.0 Å². The Bertz CT molecular complexity index is 1400. The van der Waals surface area contributed by atoms with Gasteiger partial charge in [0.15, 0.2) is 6.29 Å². The van der Waals surface area contributed by atoms with Crippen LogP contribution < -0.4 is 16.0 Å². The highest BCUT2D eigenvalue weighted by Gasteiger charge is 2.24. The Labute approximate surface area is 205 Å². The molecule has 2 amide bonds. The fourth-order valence-electron chi connectivity index (χ4n) is 5.13. The summed E-state index contributed by atoms with van der Waals surface area (Å²) in [5, 5.41) is 11.4. The molecule has 4 heterocycles. The van der Waals surface area contributed by atoms with Crippen molar-refractivity contribution < 1.29 is 9.59 Å². The summed E-state index contributed by atoms with van der Waals surface area (Å²) in [5.74, 6) is 0. The minimum Gasteiger partial charge on any atom is -0.361 e. The predicted octanol–water partition coefficient (Wildman–Crippen LogP) is 5.62. The first-order valence-electron chi connectivity index (χ1n) is 11.8. The number of urea groups is 1. The van der Waals surface area contributed by atoms with E-state index in [-0.39, 0.29) is 6.03 Å². The summed E-state index contributed by atoms with van der Waals surface area (Å²) in [4.78, 5) is 31.8. The third-order valence-corrected chi connectivity index (χ3v) is 9.38. The highest BCUT2D eigenvalue weighted by Crippen LogP contribution is 2.40. The second-order valence-electron chi connectivity index (χ2n) is 8.90. The summed E-state index contributed by atoms with van der Waals surface area (Å²) in [6.07, 6.45) is 7.98. The molecular weight excluding hydrogens is 464 g/mol. The van der Waals surface area contributed by atoms with E-state index in [1.165, 1.54) is 36.7 Å². The number of anilines is 1. The number of carbonyl (C=O) groups is 2. The monoisotopic (exact) mass is 490 g/mol. The van der Waals surface area contributed by atoms with Crippen molar-refractivity contribution in [3.63, 3.8) is 0 Å². The number of H-pyrrole nitrogens is 1. The van der Waals surface area contributed by atoms with Crippen molar-refractivity contribution in [2.75, 3.05) is 11.9 Å². The van der Waals surface area contributed by atoms with Crippen molar-refractivity contribution in [3.8, 4) is 10.4 Å². The first-order chi connectivity index (χ1) is 16.7. The highest BCUT2D eigenvalue weighted by molar-refractivity contribution is 7.17. The molecule has 0 atom stereocenters. The fraction of sp³-hybridized carbons (Fsp3) is 0.308. The molecular formula is C26H26N4O2S2. The van der Waals surface area contributed by atoms with Gasteiger partial charge in [-0.1, -0.05) is 12.1 Å². The third-order valence-electron chi connectivity index (χ3n) is 6.84. The molecule has 3 aromatic heterocycles. The number of aromatic amines is 1. The van der Waals surface area contributed by atoms with Crippen LogP contribution in [-0.4, -0.2) is 23.8 Å². The molecule has 4 N–H and O–H groups in total. The minimum atomic E-state index is -0.263. The fourth-order valence-corrected chi connectivity index (χ4v) is 7.72. The summed E-state index contributed by atoms with van der Waals surface area (Å²) < 4.78 is 0. The van der Waals surface area contributed by atoms with Gasteiger partial charge in [0.1, 0.15) is 5.00 Å². The summed E-state index contributed by atoms with van der Waals surface area (Å²) in [5.41, 5.74) is 6.62. The molecule has 1 aliphatic carbocycles.